The Kier molecular flexibility index (Phi) is 6.54. The zero-order chi connectivity index (χ0) is 11.8. The Morgan fingerprint density at radius 1 is 1.07 bits per heavy atom. The van der Waals surface area contributed by atoms with Gasteiger partial charge in [0, 0.05) is 0 Å². The number of carbonyl (C=O) groups excluding carboxylic acids is 2. The zero-order valence-corrected chi connectivity index (χ0v) is 8.65. The van der Waals surface area contributed by atoms with Crippen molar-refractivity contribution in [3.05, 3.63) is 0 Å². The summed E-state index contributed by atoms with van der Waals surface area (Å²) in [5.74, 6) is 8.79. The lowest BCUT2D eigenvalue weighted by Gasteiger charge is -2.14. The van der Waals surface area contributed by atoms with E-state index in [-0.39, 0.29) is 6.79 Å². The van der Waals surface area contributed by atoms with Gasteiger partial charge in [-0.05, 0) is 13.8 Å². The minimum Gasteiger partial charge on any atom is -0.343 e. The molecule has 0 aliphatic rings. The van der Waals surface area contributed by atoms with E-state index in [1.54, 1.807) is 0 Å². The monoisotopic (exact) mass is 220 g/mol. The smallest absolute Gasteiger partial charge is 0.262 e. The van der Waals surface area contributed by atoms with E-state index in [2.05, 4.69) is 0 Å². The molecule has 0 aliphatic heterocycles. The molecule has 8 nitrogen and oxygen atoms in total. The Hall–Kier alpha value is -1.22. The first kappa shape index (κ1) is 13.8. The van der Waals surface area contributed by atoms with Crippen molar-refractivity contribution in [2.75, 3.05) is 6.79 Å². The number of rotatable bonds is 6. The maximum atomic E-state index is 10.9. The van der Waals surface area contributed by atoms with Gasteiger partial charge in [-0.15, -0.1) is 0 Å². The Labute approximate surface area is 87.2 Å². The van der Waals surface area contributed by atoms with Crippen LogP contribution in [0, 0.1) is 0 Å². The molecule has 0 aromatic carbocycles. The molecular formula is C7H16N4O4. The molecule has 0 spiro atoms. The molecule has 2 atom stereocenters. The van der Waals surface area contributed by atoms with Crippen molar-refractivity contribution < 1.29 is 19.1 Å². The van der Waals surface area contributed by atoms with E-state index in [0.717, 1.165) is 0 Å². The van der Waals surface area contributed by atoms with Gasteiger partial charge in [-0.1, -0.05) is 0 Å². The average molecular weight is 220 g/mol. The van der Waals surface area contributed by atoms with Crippen LogP contribution < -0.4 is 22.5 Å². The van der Waals surface area contributed by atoms with Crippen LogP contribution in [-0.2, 0) is 19.1 Å². The van der Waals surface area contributed by atoms with E-state index in [4.69, 9.17) is 21.2 Å². The summed E-state index contributed by atoms with van der Waals surface area (Å²) >= 11 is 0. The van der Waals surface area contributed by atoms with E-state index in [1.165, 1.54) is 13.8 Å². The first-order valence-corrected chi connectivity index (χ1v) is 4.27. The Balaban J connectivity index is 3.70. The van der Waals surface area contributed by atoms with Crippen LogP contribution in [0.1, 0.15) is 13.8 Å². The topological polar surface area (TPSA) is 129 Å². The average Bonchev–Trinajstić information content (AvgIpc) is 2.26. The minimum atomic E-state index is -0.747. The highest BCUT2D eigenvalue weighted by molar-refractivity contribution is 5.80. The maximum Gasteiger partial charge on any atom is 0.262 e. The highest BCUT2D eigenvalue weighted by Gasteiger charge is 2.14. The van der Waals surface area contributed by atoms with Crippen LogP contribution in [0.15, 0.2) is 0 Å². The van der Waals surface area contributed by atoms with Gasteiger partial charge in [0.05, 0.1) is 0 Å². The van der Waals surface area contributed by atoms with E-state index >= 15 is 0 Å². The molecule has 0 bridgehead atoms. The number of amides is 2. The third-order valence-electron chi connectivity index (χ3n) is 1.66. The molecule has 2 unspecified atom stereocenters. The highest BCUT2D eigenvalue weighted by atomic mass is 16.7. The van der Waals surface area contributed by atoms with Gasteiger partial charge in [0.2, 0.25) is 0 Å². The first-order chi connectivity index (χ1) is 7.02. The predicted molar refractivity (Wildman–Crippen MR) is 50.6 cm³/mol. The number of hydrogen-bond donors (Lipinski definition) is 4. The van der Waals surface area contributed by atoms with Gasteiger partial charge >= 0.3 is 0 Å². The van der Waals surface area contributed by atoms with Gasteiger partial charge < -0.3 is 9.47 Å². The van der Waals surface area contributed by atoms with Crippen LogP contribution in [-0.4, -0.2) is 30.8 Å². The van der Waals surface area contributed by atoms with Crippen LogP contribution in [0.4, 0.5) is 0 Å². The van der Waals surface area contributed by atoms with Crippen LogP contribution >= 0.6 is 0 Å². The fourth-order valence-electron chi connectivity index (χ4n) is 0.629. The molecule has 15 heavy (non-hydrogen) atoms. The van der Waals surface area contributed by atoms with Crippen LogP contribution in [0.2, 0.25) is 0 Å². The van der Waals surface area contributed by atoms with Crippen molar-refractivity contribution in [1.29, 1.82) is 0 Å². The standard InChI is InChI=1S/C7H16N4O4/c1-4(6(12)10-8)14-3-15-5(2)7(13)11-9/h4-5H,3,8-9H2,1-2H3,(H,10,12)(H,11,13). The number of nitrogens with one attached hydrogen (secondary N) is 2. The van der Waals surface area contributed by atoms with E-state index in [0.29, 0.717) is 0 Å². The SMILES string of the molecule is CC(OCOC(C)C(=O)NN)C(=O)NN. The van der Waals surface area contributed by atoms with Gasteiger partial charge in [0.15, 0.2) is 0 Å². The molecule has 0 aromatic rings. The van der Waals surface area contributed by atoms with Gasteiger partial charge in [-0.25, -0.2) is 11.7 Å². The van der Waals surface area contributed by atoms with Crippen LogP contribution in [0.3, 0.4) is 0 Å². The molecule has 0 rings (SSSR count). The zero-order valence-electron chi connectivity index (χ0n) is 8.65. The molecule has 0 saturated carbocycles. The Morgan fingerprint density at radius 2 is 1.40 bits per heavy atom. The molecule has 6 N–H and O–H groups in total. The summed E-state index contributed by atoms with van der Waals surface area (Å²) in [6.07, 6.45) is -1.49. The lowest BCUT2D eigenvalue weighted by Crippen LogP contribution is -2.41. The fraction of sp³-hybridized carbons (Fsp3) is 0.714. The summed E-state index contributed by atoms with van der Waals surface area (Å²) in [5.41, 5.74) is 3.84. The third-order valence-corrected chi connectivity index (χ3v) is 1.66. The number of hydrazine groups is 2. The van der Waals surface area contributed by atoms with Gasteiger partial charge in [-0.3, -0.25) is 20.4 Å². The van der Waals surface area contributed by atoms with Gasteiger partial charge in [0.1, 0.15) is 19.0 Å². The molecule has 8 heteroatoms. The predicted octanol–water partition coefficient (Wildman–Crippen LogP) is -2.27. The molecule has 0 saturated heterocycles. The van der Waals surface area contributed by atoms with Crippen molar-refractivity contribution >= 4 is 11.8 Å². The summed E-state index contributed by atoms with van der Waals surface area (Å²) in [5, 5.41) is 0. The molecule has 0 fully saturated rings. The minimum absolute atomic E-state index is 0.205. The molecule has 0 aromatic heterocycles. The Bertz CT molecular complexity index is 201. The number of carbonyl (C=O) groups is 2. The summed E-state index contributed by atoms with van der Waals surface area (Å²) < 4.78 is 9.85. The summed E-state index contributed by atoms with van der Waals surface area (Å²) in [7, 11) is 0. The lowest BCUT2D eigenvalue weighted by molar-refractivity contribution is -0.155. The quantitative estimate of drug-likeness (QED) is 0.173. The molecule has 0 radical (unpaired) electrons. The summed E-state index contributed by atoms with van der Waals surface area (Å²) in [4.78, 5) is 21.7. The van der Waals surface area contributed by atoms with E-state index in [9.17, 15) is 9.59 Å². The third kappa shape index (κ3) is 5.27. The molecule has 2 amide bonds. The summed E-state index contributed by atoms with van der Waals surface area (Å²) in [6, 6.07) is 0. The number of ether oxygens (including phenoxy) is 2. The van der Waals surface area contributed by atoms with Crippen molar-refractivity contribution in [1.82, 2.24) is 10.9 Å². The molecule has 0 heterocycles. The molecule has 88 valence electrons. The lowest BCUT2D eigenvalue weighted by atomic mass is 10.4. The van der Waals surface area contributed by atoms with Gasteiger partial charge in [-0.2, -0.15) is 0 Å². The number of nitrogens with two attached hydrogens (primary N) is 2. The second kappa shape index (κ2) is 7.12. The van der Waals surface area contributed by atoms with Crippen molar-refractivity contribution in [2.24, 2.45) is 11.7 Å². The van der Waals surface area contributed by atoms with Crippen LogP contribution in [0.5, 0.6) is 0 Å². The fourth-order valence-corrected chi connectivity index (χ4v) is 0.629. The van der Waals surface area contributed by atoms with Crippen molar-refractivity contribution in [3.63, 3.8) is 0 Å². The van der Waals surface area contributed by atoms with Gasteiger partial charge in [0.25, 0.3) is 11.8 Å². The van der Waals surface area contributed by atoms with E-state index in [1.807, 2.05) is 10.9 Å². The van der Waals surface area contributed by atoms with Crippen molar-refractivity contribution in [2.45, 2.75) is 26.1 Å². The summed E-state index contributed by atoms with van der Waals surface area (Å²) in [6.45, 7) is 2.79. The molecule has 0 aliphatic carbocycles. The van der Waals surface area contributed by atoms with Crippen molar-refractivity contribution in [3.8, 4) is 0 Å². The largest absolute Gasteiger partial charge is 0.343 e. The Morgan fingerprint density at radius 3 is 1.67 bits per heavy atom. The maximum absolute atomic E-state index is 10.9. The van der Waals surface area contributed by atoms with E-state index < -0.39 is 24.0 Å². The normalized spacial score (nSPS) is 14.1. The first-order valence-electron chi connectivity index (χ1n) is 4.27. The number of hydrogen-bond acceptors (Lipinski definition) is 6. The molecular weight excluding hydrogens is 204 g/mol. The van der Waals surface area contributed by atoms with Crippen LogP contribution in [0.25, 0.3) is 0 Å². The highest BCUT2D eigenvalue weighted by Crippen LogP contribution is 1.94. The second-order valence-electron chi connectivity index (χ2n) is 2.75. The second-order valence-corrected chi connectivity index (χ2v) is 2.75.